The SMILES string of the molecule is C=CCOc1cccc(C2C(C(=O)c3ccc(C)o3)=C(O)C(=O)N2C)c1. The van der Waals surface area contributed by atoms with Gasteiger partial charge in [-0.05, 0) is 36.8 Å². The third kappa shape index (κ3) is 3.01. The molecule has 0 saturated carbocycles. The number of carbonyl (C=O) groups is 2. The highest BCUT2D eigenvalue weighted by Gasteiger charge is 2.42. The number of furan rings is 1. The minimum absolute atomic E-state index is 0.00674. The molecule has 1 aliphatic rings. The second kappa shape index (κ2) is 6.92. The van der Waals surface area contributed by atoms with Gasteiger partial charge in [0.25, 0.3) is 5.91 Å². The molecule has 6 heteroatoms. The van der Waals surface area contributed by atoms with E-state index in [1.54, 1.807) is 43.3 Å². The largest absolute Gasteiger partial charge is 0.503 e. The molecule has 134 valence electrons. The van der Waals surface area contributed by atoms with E-state index < -0.39 is 23.5 Å². The van der Waals surface area contributed by atoms with E-state index in [1.807, 2.05) is 0 Å². The van der Waals surface area contributed by atoms with Crippen molar-refractivity contribution >= 4 is 11.7 Å². The Balaban J connectivity index is 2.03. The Morgan fingerprint density at radius 3 is 2.81 bits per heavy atom. The number of hydrogen-bond donors (Lipinski definition) is 1. The fourth-order valence-corrected chi connectivity index (χ4v) is 2.96. The summed E-state index contributed by atoms with van der Waals surface area (Å²) >= 11 is 0. The summed E-state index contributed by atoms with van der Waals surface area (Å²) in [6, 6.07) is 9.50. The van der Waals surface area contributed by atoms with Crippen LogP contribution in [0.25, 0.3) is 0 Å². The summed E-state index contributed by atoms with van der Waals surface area (Å²) in [6.45, 7) is 5.66. The van der Waals surface area contributed by atoms with Crippen LogP contribution in [0.15, 0.2) is 64.8 Å². The van der Waals surface area contributed by atoms with Crippen LogP contribution in [0.4, 0.5) is 0 Å². The topological polar surface area (TPSA) is 80.0 Å². The zero-order valence-electron chi connectivity index (χ0n) is 14.6. The first kappa shape index (κ1) is 17.5. The monoisotopic (exact) mass is 353 g/mol. The molecule has 0 spiro atoms. The molecule has 6 nitrogen and oxygen atoms in total. The van der Waals surface area contributed by atoms with Crippen molar-refractivity contribution in [3.05, 3.63) is 77.5 Å². The summed E-state index contributed by atoms with van der Waals surface area (Å²) in [6.07, 6.45) is 1.62. The maximum atomic E-state index is 12.9. The number of likely N-dealkylation sites (N-methyl/N-ethyl adjacent to an activating group) is 1. The fraction of sp³-hybridized carbons (Fsp3) is 0.200. The summed E-state index contributed by atoms with van der Waals surface area (Å²) in [5.74, 6) is -0.460. The standard InChI is InChI=1S/C20H19NO5/c1-4-10-25-14-7-5-6-13(11-14)17-16(19(23)20(24)21(17)3)18(22)15-9-8-12(2)26-15/h4-9,11,17,23H,1,10H2,2-3H3. The van der Waals surface area contributed by atoms with E-state index in [0.29, 0.717) is 23.7 Å². The second-order valence-electron chi connectivity index (χ2n) is 5.99. The quantitative estimate of drug-likeness (QED) is 0.636. The number of ketones is 1. The van der Waals surface area contributed by atoms with E-state index in [0.717, 1.165) is 0 Å². The van der Waals surface area contributed by atoms with Crippen LogP contribution in [0, 0.1) is 6.92 Å². The number of aliphatic hydroxyl groups excluding tert-OH is 1. The number of carbonyl (C=O) groups excluding carboxylic acids is 2. The first-order valence-corrected chi connectivity index (χ1v) is 8.09. The average Bonchev–Trinajstić information content (AvgIpc) is 3.17. The molecule has 1 atom stereocenters. The van der Waals surface area contributed by atoms with Gasteiger partial charge in [-0.3, -0.25) is 9.59 Å². The molecule has 2 heterocycles. The van der Waals surface area contributed by atoms with Gasteiger partial charge in [-0.15, -0.1) is 0 Å². The van der Waals surface area contributed by atoms with E-state index in [9.17, 15) is 14.7 Å². The summed E-state index contributed by atoms with van der Waals surface area (Å²) in [5, 5.41) is 10.3. The number of benzene rings is 1. The molecule has 1 aromatic heterocycles. The van der Waals surface area contributed by atoms with Crippen LogP contribution in [0.5, 0.6) is 5.75 Å². The van der Waals surface area contributed by atoms with Crippen molar-refractivity contribution in [2.24, 2.45) is 0 Å². The van der Waals surface area contributed by atoms with Crippen LogP contribution in [0.3, 0.4) is 0 Å². The molecule has 26 heavy (non-hydrogen) atoms. The number of ether oxygens (including phenoxy) is 1. The van der Waals surface area contributed by atoms with Crippen molar-refractivity contribution in [2.45, 2.75) is 13.0 Å². The Hall–Kier alpha value is -3.28. The van der Waals surface area contributed by atoms with Crippen molar-refractivity contribution in [3.8, 4) is 5.75 Å². The van der Waals surface area contributed by atoms with Gasteiger partial charge in [0.15, 0.2) is 11.5 Å². The number of aryl methyl sites for hydroxylation is 1. The molecule has 0 saturated heterocycles. The molecule has 0 fully saturated rings. The van der Waals surface area contributed by atoms with E-state index in [-0.39, 0.29) is 11.3 Å². The van der Waals surface area contributed by atoms with Crippen LogP contribution in [0.2, 0.25) is 0 Å². The van der Waals surface area contributed by atoms with Gasteiger partial charge < -0.3 is 19.2 Å². The zero-order valence-corrected chi connectivity index (χ0v) is 14.6. The summed E-state index contributed by atoms with van der Waals surface area (Å²) in [4.78, 5) is 26.5. The fourth-order valence-electron chi connectivity index (χ4n) is 2.96. The van der Waals surface area contributed by atoms with Gasteiger partial charge in [-0.25, -0.2) is 0 Å². The number of nitrogens with zero attached hydrogens (tertiary/aromatic N) is 1. The lowest BCUT2D eigenvalue weighted by atomic mass is 9.95. The molecule has 0 radical (unpaired) electrons. The Kier molecular flexibility index (Phi) is 4.67. The maximum Gasteiger partial charge on any atom is 0.289 e. The average molecular weight is 353 g/mol. The molecule has 2 aromatic rings. The van der Waals surface area contributed by atoms with Gasteiger partial charge in [-0.2, -0.15) is 0 Å². The number of Topliss-reactive ketones (excluding diaryl/α,β-unsaturated/α-hetero) is 1. The molecular formula is C20H19NO5. The third-order valence-corrected chi connectivity index (χ3v) is 4.19. The number of aliphatic hydroxyl groups is 1. The first-order chi connectivity index (χ1) is 12.4. The molecule has 0 bridgehead atoms. The summed E-state index contributed by atoms with van der Waals surface area (Å²) in [5.41, 5.74) is 0.644. The lowest BCUT2D eigenvalue weighted by Gasteiger charge is -2.22. The number of amides is 1. The molecular weight excluding hydrogens is 334 g/mol. The lowest BCUT2D eigenvalue weighted by Crippen LogP contribution is -2.26. The minimum Gasteiger partial charge on any atom is -0.503 e. The molecule has 0 aliphatic carbocycles. The van der Waals surface area contributed by atoms with Crippen molar-refractivity contribution < 1.29 is 23.8 Å². The maximum absolute atomic E-state index is 12.9. The lowest BCUT2D eigenvalue weighted by molar-refractivity contribution is -0.128. The van der Waals surface area contributed by atoms with Crippen LogP contribution < -0.4 is 4.74 Å². The van der Waals surface area contributed by atoms with Crippen LogP contribution in [0.1, 0.15) is 27.9 Å². The van der Waals surface area contributed by atoms with Crippen LogP contribution >= 0.6 is 0 Å². The molecule has 1 unspecified atom stereocenters. The minimum atomic E-state index is -0.729. The van der Waals surface area contributed by atoms with Gasteiger partial charge in [-0.1, -0.05) is 24.8 Å². The van der Waals surface area contributed by atoms with Gasteiger partial charge in [0.05, 0.1) is 11.6 Å². The zero-order chi connectivity index (χ0) is 18.8. The highest BCUT2D eigenvalue weighted by atomic mass is 16.5. The Morgan fingerprint density at radius 1 is 1.38 bits per heavy atom. The second-order valence-corrected chi connectivity index (χ2v) is 5.99. The Labute approximate surface area is 151 Å². The van der Waals surface area contributed by atoms with Crippen molar-refractivity contribution in [1.29, 1.82) is 0 Å². The van der Waals surface area contributed by atoms with Gasteiger partial charge in [0, 0.05) is 7.05 Å². The third-order valence-electron chi connectivity index (χ3n) is 4.19. The van der Waals surface area contributed by atoms with Crippen LogP contribution in [-0.4, -0.2) is 35.4 Å². The molecule has 1 aliphatic heterocycles. The number of hydrogen-bond acceptors (Lipinski definition) is 5. The van der Waals surface area contributed by atoms with Crippen molar-refractivity contribution in [2.75, 3.05) is 13.7 Å². The van der Waals surface area contributed by atoms with Gasteiger partial charge in [0.2, 0.25) is 5.78 Å². The van der Waals surface area contributed by atoms with E-state index in [1.165, 1.54) is 18.0 Å². The Bertz CT molecular complexity index is 908. The van der Waals surface area contributed by atoms with E-state index in [2.05, 4.69) is 6.58 Å². The molecule has 1 N–H and O–H groups in total. The summed E-state index contributed by atoms with van der Waals surface area (Å²) in [7, 11) is 1.54. The van der Waals surface area contributed by atoms with Gasteiger partial charge >= 0.3 is 0 Å². The van der Waals surface area contributed by atoms with Crippen molar-refractivity contribution in [1.82, 2.24) is 4.90 Å². The molecule has 3 rings (SSSR count). The van der Waals surface area contributed by atoms with Gasteiger partial charge in [0.1, 0.15) is 18.1 Å². The predicted octanol–water partition coefficient (Wildman–Crippen LogP) is 3.36. The number of rotatable bonds is 6. The summed E-state index contributed by atoms with van der Waals surface area (Å²) < 4.78 is 10.9. The first-order valence-electron chi connectivity index (χ1n) is 8.09. The van der Waals surface area contributed by atoms with E-state index >= 15 is 0 Å². The predicted molar refractivity (Wildman–Crippen MR) is 95.1 cm³/mol. The molecule has 1 aromatic carbocycles. The highest BCUT2D eigenvalue weighted by Crippen LogP contribution is 2.38. The normalized spacial score (nSPS) is 16.9. The van der Waals surface area contributed by atoms with Crippen molar-refractivity contribution in [3.63, 3.8) is 0 Å². The van der Waals surface area contributed by atoms with Crippen LogP contribution in [-0.2, 0) is 4.79 Å². The molecule has 1 amide bonds. The smallest absolute Gasteiger partial charge is 0.289 e. The highest BCUT2D eigenvalue weighted by molar-refractivity contribution is 6.14. The Morgan fingerprint density at radius 2 is 2.15 bits per heavy atom. The van der Waals surface area contributed by atoms with E-state index in [4.69, 9.17) is 9.15 Å².